The highest BCUT2D eigenvalue weighted by Crippen LogP contribution is 2.17. The predicted molar refractivity (Wildman–Crippen MR) is 124 cm³/mol. The molecule has 0 aliphatic heterocycles. The number of hydrogen-bond acceptors (Lipinski definition) is 3. The summed E-state index contributed by atoms with van der Waals surface area (Å²) in [6.45, 7) is 2.92. The van der Waals surface area contributed by atoms with E-state index in [0.717, 1.165) is 42.0 Å². The number of carbonyl (C=O) groups excluding carboxylic acids is 1. The van der Waals surface area contributed by atoms with Crippen molar-refractivity contribution in [2.24, 2.45) is 0 Å². The van der Waals surface area contributed by atoms with E-state index in [9.17, 15) is 13.6 Å². The molecule has 0 saturated carbocycles. The van der Waals surface area contributed by atoms with Crippen LogP contribution in [0.1, 0.15) is 60.5 Å². The minimum Gasteiger partial charge on any atom is -0.494 e. The lowest BCUT2D eigenvalue weighted by Gasteiger charge is -2.06. The third kappa shape index (κ3) is 7.76. The van der Waals surface area contributed by atoms with E-state index in [1.165, 1.54) is 31.7 Å². The van der Waals surface area contributed by atoms with Gasteiger partial charge in [-0.1, -0.05) is 44.4 Å². The molecule has 0 aromatic heterocycles. The predicted octanol–water partition coefficient (Wildman–Crippen LogP) is 6.93. The Bertz CT molecular complexity index is 1110. The molecule has 0 fully saturated rings. The third-order valence-electron chi connectivity index (χ3n) is 4.94. The molecule has 0 N–H and O–H groups in total. The van der Waals surface area contributed by atoms with Crippen LogP contribution in [-0.2, 0) is 0 Å². The Labute approximate surface area is 193 Å². The number of unbranched alkanes of at least 4 members (excludes halogenated alkanes) is 4. The van der Waals surface area contributed by atoms with Crippen LogP contribution >= 0.6 is 0 Å². The fraction of sp³-hybridized carbons (Fsp3) is 0.250. The summed E-state index contributed by atoms with van der Waals surface area (Å²) in [5, 5.41) is 0. The Morgan fingerprint density at radius 1 is 0.758 bits per heavy atom. The normalized spacial score (nSPS) is 10.3. The molecule has 0 bridgehead atoms. The van der Waals surface area contributed by atoms with Crippen LogP contribution in [0, 0.1) is 23.5 Å². The zero-order valence-electron chi connectivity index (χ0n) is 18.6. The summed E-state index contributed by atoms with van der Waals surface area (Å²) >= 11 is 0. The Morgan fingerprint density at radius 3 is 2.00 bits per heavy atom. The molecule has 0 aliphatic rings. The van der Waals surface area contributed by atoms with Gasteiger partial charge in [-0.15, -0.1) is 0 Å². The van der Waals surface area contributed by atoms with Crippen molar-refractivity contribution in [3.05, 3.63) is 95.1 Å². The van der Waals surface area contributed by atoms with Gasteiger partial charge in [0.25, 0.3) is 0 Å². The van der Waals surface area contributed by atoms with E-state index in [-0.39, 0.29) is 11.3 Å². The quantitative estimate of drug-likeness (QED) is 0.154. The maximum atomic E-state index is 13.3. The lowest BCUT2D eigenvalue weighted by atomic mass is 10.1. The van der Waals surface area contributed by atoms with Gasteiger partial charge < -0.3 is 9.47 Å². The molecule has 0 spiro atoms. The Kier molecular flexibility index (Phi) is 9.02. The molecule has 3 aromatic rings. The molecule has 0 atom stereocenters. The van der Waals surface area contributed by atoms with Crippen LogP contribution in [0.4, 0.5) is 8.78 Å². The van der Waals surface area contributed by atoms with E-state index in [1.807, 2.05) is 24.3 Å². The summed E-state index contributed by atoms with van der Waals surface area (Å²) in [6.07, 6.45) is 6.02. The van der Waals surface area contributed by atoms with Crippen molar-refractivity contribution in [1.82, 2.24) is 0 Å². The highest BCUT2D eigenvalue weighted by atomic mass is 19.2. The first-order chi connectivity index (χ1) is 16.0. The first-order valence-corrected chi connectivity index (χ1v) is 11.1. The largest absolute Gasteiger partial charge is 0.494 e. The van der Waals surface area contributed by atoms with Crippen molar-refractivity contribution in [2.45, 2.75) is 39.0 Å². The molecule has 170 valence electrons. The Morgan fingerprint density at radius 2 is 1.36 bits per heavy atom. The molecule has 5 heteroatoms. The molecule has 3 aromatic carbocycles. The minimum absolute atomic E-state index is 0.0633. The zero-order chi connectivity index (χ0) is 23.5. The van der Waals surface area contributed by atoms with Crippen LogP contribution in [0.2, 0.25) is 0 Å². The highest BCUT2D eigenvalue weighted by Gasteiger charge is 2.10. The molecule has 3 rings (SSSR count). The molecular formula is C28H26F2O3. The number of hydrogen-bond donors (Lipinski definition) is 0. The van der Waals surface area contributed by atoms with Crippen LogP contribution in [0.5, 0.6) is 11.5 Å². The lowest BCUT2D eigenvalue weighted by Crippen LogP contribution is -2.08. The average molecular weight is 449 g/mol. The van der Waals surface area contributed by atoms with Gasteiger partial charge in [0.05, 0.1) is 12.2 Å². The van der Waals surface area contributed by atoms with E-state index < -0.39 is 17.6 Å². The summed E-state index contributed by atoms with van der Waals surface area (Å²) in [4.78, 5) is 12.2. The standard InChI is InChI=1S/C28H26F2O3/c1-2-3-4-5-6-19-32-24-15-11-22(12-16-24)8-7-21-9-13-23(14-10-21)28(31)33-25-17-18-26(29)27(30)20-25/h9-18,20H,2-6,19H2,1H3. The molecule has 0 radical (unpaired) electrons. The maximum Gasteiger partial charge on any atom is 0.343 e. The molecular weight excluding hydrogens is 422 g/mol. The van der Waals surface area contributed by atoms with Crippen molar-refractivity contribution >= 4 is 5.97 Å². The number of rotatable bonds is 9. The smallest absolute Gasteiger partial charge is 0.343 e. The van der Waals surface area contributed by atoms with Crippen LogP contribution in [0.3, 0.4) is 0 Å². The number of benzene rings is 3. The SMILES string of the molecule is CCCCCCCOc1ccc(C#Cc2ccc(C(=O)Oc3ccc(F)c(F)c3)cc2)cc1. The second-order valence-corrected chi connectivity index (χ2v) is 7.58. The van der Waals surface area contributed by atoms with E-state index in [0.29, 0.717) is 0 Å². The minimum atomic E-state index is -1.08. The number of ether oxygens (including phenoxy) is 2. The van der Waals surface area contributed by atoms with Gasteiger partial charge in [-0.2, -0.15) is 0 Å². The van der Waals surface area contributed by atoms with E-state index >= 15 is 0 Å². The van der Waals surface area contributed by atoms with Crippen molar-refractivity contribution in [3.63, 3.8) is 0 Å². The number of carbonyl (C=O) groups is 1. The van der Waals surface area contributed by atoms with Gasteiger partial charge in [-0.3, -0.25) is 0 Å². The zero-order valence-corrected chi connectivity index (χ0v) is 18.6. The average Bonchev–Trinajstić information content (AvgIpc) is 2.83. The second kappa shape index (κ2) is 12.4. The van der Waals surface area contributed by atoms with Crippen molar-refractivity contribution in [2.75, 3.05) is 6.61 Å². The molecule has 0 aliphatic carbocycles. The fourth-order valence-corrected chi connectivity index (χ4v) is 3.07. The molecule has 3 nitrogen and oxygen atoms in total. The molecule has 0 unspecified atom stereocenters. The summed E-state index contributed by atoms with van der Waals surface area (Å²) in [7, 11) is 0. The first kappa shape index (κ1) is 24.0. The van der Waals surface area contributed by atoms with Gasteiger partial charge in [0, 0.05) is 17.2 Å². The van der Waals surface area contributed by atoms with Crippen LogP contribution < -0.4 is 9.47 Å². The summed E-state index contributed by atoms with van der Waals surface area (Å²) in [5.74, 6) is 4.15. The second-order valence-electron chi connectivity index (χ2n) is 7.58. The van der Waals surface area contributed by atoms with Gasteiger partial charge in [0.15, 0.2) is 11.6 Å². The lowest BCUT2D eigenvalue weighted by molar-refractivity contribution is 0.0734. The van der Waals surface area contributed by atoms with Crippen molar-refractivity contribution < 1.29 is 23.0 Å². The first-order valence-electron chi connectivity index (χ1n) is 11.1. The van der Waals surface area contributed by atoms with Crippen molar-refractivity contribution in [3.8, 4) is 23.3 Å². The van der Waals surface area contributed by atoms with Gasteiger partial charge in [0.1, 0.15) is 11.5 Å². The Hall–Kier alpha value is -3.65. The highest BCUT2D eigenvalue weighted by molar-refractivity contribution is 5.91. The molecule has 0 amide bonds. The van der Waals surface area contributed by atoms with Gasteiger partial charge in [-0.05, 0) is 67.1 Å². The molecule has 33 heavy (non-hydrogen) atoms. The van der Waals surface area contributed by atoms with Crippen LogP contribution in [0.15, 0.2) is 66.7 Å². The van der Waals surface area contributed by atoms with Gasteiger partial charge in [0.2, 0.25) is 0 Å². The Balaban J connectivity index is 1.51. The fourth-order valence-electron chi connectivity index (χ4n) is 3.07. The number of halogens is 2. The monoisotopic (exact) mass is 448 g/mol. The molecule has 0 heterocycles. The third-order valence-corrected chi connectivity index (χ3v) is 4.94. The van der Waals surface area contributed by atoms with Crippen LogP contribution in [0.25, 0.3) is 0 Å². The summed E-state index contributed by atoms with van der Waals surface area (Å²) < 4.78 is 37.1. The van der Waals surface area contributed by atoms with Gasteiger partial charge in [-0.25, -0.2) is 13.6 Å². The maximum absolute atomic E-state index is 13.3. The van der Waals surface area contributed by atoms with Crippen LogP contribution in [-0.4, -0.2) is 12.6 Å². The van der Waals surface area contributed by atoms with E-state index in [1.54, 1.807) is 24.3 Å². The van der Waals surface area contributed by atoms with E-state index in [2.05, 4.69) is 18.8 Å². The summed E-state index contributed by atoms with van der Waals surface area (Å²) in [5.41, 5.74) is 1.86. The molecule has 0 saturated heterocycles. The number of esters is 1. The summed E-state index contributed by atoms with van der Waals surface area (Å²) in [6, 6.07) is 17.1. The van der Waals surface area contributed by atoms with Crippen molar-refractivity contribution in [1.29, 1.82) is 0 Å². The topological polar surface area (TPSA) is 35.5 Å². The van der Waals surface area contributed by atoms with Gasteiger partial charge >= 0.3 is 5.97 Å². The van der Waals surface area contributed by atoms with E-state index in [4.69, 9.17) is 9.47 Å².